The van der Waals surface area contributed by atoms with Crippen molar-refractivity contribution in [2.45, 2.75) is 31.2 Å². The molecule has 0 spiro atoms. The summed E-state index contributed by atoms with van der Waals surface area (Å²) in [6.45, 7) is 0.120. The van der Waals surface area contributed by atoms with Crippen molar-refractivity contribution < 1.29 is 31.5 Å². The molecule has 0 fully saturated rings. The average molecular weight is 463 g/mol. The highest BCUT2D eigenvalue weighted by atomic mass is 35.5. The summed E-state index contributed by atoms with van der Waals surface area (Å²) in [5.41, 5.74) is 3.04. The number of aryl methyl sites for hydroxylation is 1. The number of benzene rings is 1. The lowest BCUT2D eigenvalue weighted by atomic mass is 9.84. The highest BCUT2D eigenvalue weighted by Gasteiger charge is 2.52. The molecule has 1 aromatic heterocycles. The molecule has 31 heavy (non-hydrogen) atoms. The molecule has 0 radical (unpaired) electrons. The fraction of sp³-hybridized carbons (Fsp3) is 0.316. The van der Waals surface area contributed by atoms with E-state index in [4.69, 9.17) is 17.3 Å². The van der Waals surface area contributed by atoms with Crippen LogP contribution in [-0.2, 0) is 10.3 Å². The van der Waals surface area contributed by atoms with Crippen molar-refractivity contribution in [2.24, 2.45) is 10.7 Å². The molecule has 2 heterocycles. The Bertz CT molecular complexity index is 1050. The van der Waals surface area contributed by atoms with Gasteiger partial charge in [-0.25, -0.2) is 18.8 Å². The topological polar surface area (TPSA) is 89.6 Å². The number of rotatable bonds is 4. The summed E-state index contributed by atoms with van der Waals surface area (Å²) in [4.78, 5) is 20.1. The SMILES string of the molecule is Cc1cc(Cl)cnc1C(=O)Nc1ccc(F)c(C2(CF)CC(C(F)(F)F)OC(N)=N2)c1. The first kappa shape index (κ1) is 22.7. The lowest BCUT2D eigenvalue weighted by molar-refractivity contribution is -0.209. The van der Waals surface area contributed by atoms with Crippen LogP contribution in [0.25, 0.3) is 0 Å². The number of ether oxygens (including phenoxy) is 1. The molecule has 3 rings (SSSR count). The minimum atomic E-state index is -4.87. The number of carbonyl (C=O) groups is 1. The molecule has 0 saturated carbocycles. The minimum Gasteiger partial charge on any atom is -0.452 e. The number of aromatic nitrogens is 1. The van der Waals surface area contributed by atoms with Gasteiger partial charge < -0.3 is 15.8 Å². The molecular weight excluding hydrogens is 447 g/mol. The zero-order chi connectivity index (χ0) is 23.0. The smallest absolute Gasteiger partial charge is 0.425 e. The minimum absolute atomic E-state index is 0.00537. The molecule has 6 nitrogen and oxygen atoms in total. The van der Waals surface area contributed by atoms with E-state index in [2.05, 4.69) is 20.0 Å². The number of alkyl halides is 4. The summed E-state index contributed by atoms with van der Waals surface area (Å²) < 4.78 is 72.6. The lowest BCUT2D eigenvalue weighted by Crippen LogP contribution is -2.48. The van der Waals surface area contributed by atoms with Crippen molar-refractivity contribution in [3.05, 3.63) is 58.1 Å². The molecule has 1 amide bonds. The van der Waals surface area contributed by atoms with Gasteiger partial charge >= 0.3 is 6.18 Å². The Morgan fingerprint density at radius 3 is 2.71 bits per heavy atom. The number of carbonyl (C=O) groups excluding carboxylic acids is 1. The summed E-state index contributed by atoms with van der Waals surface area (Å²) >= 11 is 5.81. The summed E-state index contributed by atoms with van der Waals surface area (Å²) in [6, 6.07) is 3.65. The molecule has 3 N–H and O–H groups in total. The van der Waals surface area contributed by atoms with Gasteiger partial charge in [0, 0.05) is 23.9 Å². The van der Waals surface area contributed by atoms with Gasteiger partial charge in [0.25, 0.3) is 11.9 Å². The number of amidine groups is 1. The van der Waals surface area contributed by atoms with Crippen LogP contribution in [0, 0.1) is 12.7 Å². The monoisotopic (exact) mass is 462 g/mol. The first-order chi connectivity index (χ1) is 14.4. The highest BCUT2D eigenvalue weighted by Crippen LogP contribution is 2.42. The van der Waals surface area contributed by atoms with E-state index >= 15 is 0 Å². The van der Waals surface area contributed by atoms with Crippen LogP contribution >= 0.6 is 11.6 Å². The van der Waals surface area contributed by atoms with Crippen LogP contribution in [0.2, 0.25) is 5.02 Å². The second kappa shape index (κ2) is 8.29. The maximum absolute atomic E-state index is 14.6. The molecule has 0 aliphatic carbocycles. The van der Waals surface area contributed by atoms with Gasteiger partial charge in [-0.3, -0.25) is 4.79 Å². The molecule has 0 bridgehead atoms. The van der Waals surface area contributed by atoms with Gasteiger partial charge in [-0.1, -0.05) is 11.6 Å². The number of hydrogen-bond acceptors (Lipinski definition) is 5. The van der Waals surface area contributed by atoms with Crippen molar-refractivity contribution in [2.75, 3.05) is 12.0 Å². The maximum atomic E-state index is 14.6. The van der Waals surface area contributed by atoms with Crippen molar-refractivity contribution in [3.8, 4) is 0 Å². The fourth-order valence-corrected chi connectivity index (χ4v) is 3.43. The second-order valence-corrected chi connectivity index (χ2v) is 7.37. The van der Waals surface area contributed by atoms with Gasteiger partial charge in [-0.15, -0.1) is 0 Å². The van der Waals surface area contributed by atoms with Crippen LogP contribution in [0.3, 0.4) is 0 Å². The number of nitrogens with zero attached hydrogens (tertiary/aromatic N) is 2. The fourth-order valence-electron chi connectivity index (χ4n) is 3.21. The first-order valence-corrected chi connectivity index (χ1v) is 9.21. The number of anilines is 1. The van der Waals surface area contributed by atoms with E-state index in [9.17, 15) is 26.7 Å². The molecule has 1 aliphatic heterocycles. The van der Waals surface area contributed by atoms with Gasteiger partial charge in [0.1, 0.15) is 23.7 Å². The Balaban J connectivity index is 1.98. The van der Waals surface area contributed by atoms with Gasteiger partial charge in [-0.05, 0) is 36.8 Å². The Hall–Kier alpha value is -2.95. The highest BCUT2D eigenvalue weighted by molar-refractivity contribution is 6.30. The van der Waals surface area contributed by atoms with E-state index in [0.29, 0.717) is 10.6 Å². The number of aliphatic imine (C=N–C) groups is 1. The quantitative estimate of drug-likeness (QED) is 0.664. The number of pyridine rings is 1. The summed E-state index contributed by atoms with van der Waals surface area (Å²) in [7, 11) is 0. The lowest BCUT2D eigenvalue weighted by Gasteiger charge is -2.36. The molecule has 1 aromatic carbocycles. The Morgan fingerprint density at radius 1 is 1.39 bits per heavy atom. The van der Waals surface area contributed by atoms with Crippen molar-refractivity contribution in [1.82, 2.24) is 4.98 Å². The Kier molecular flexibility index (Phi) is 6.08. The summed E-state index contributed by atoms with van der Waals surface area (Å²) in [5, 5.41) is 2.77. The first-order valence-electron chi connectivity index (χ1n) is 8.83. The number of nitrogens with one attached hydrogen (secondary N) is 1. The largest absolute Gasteiger partial charge is 0.452 e. The normalized spacial score (nSPS) is 21.3. The third-order valence-corrected chi connectivity index (χ3v) is 4.89. The van der Waals surface area contributed by atoms with E-state index in [1.807, 2.05) is 0 Å². The predicted octanol–water partition coefficient (Wildman–Crippen LogP) is 4.27. The van der Waals surface area contributed by atoms with Gasteiger partial charge in [0.05, 0.1) is 5.02 Å². The van der Waals surface area contributed by atoms with Crippen LogP contribution in [0.4, 0.5) is 27.6 Å². The molecular formula is C19H16ClF5N4O2. The molecule has 2 unspecified atom stereocenters. The van der Waals surface area contributed by atoms with Crippen LogP contribution < -0.4 is 11.1 Å². The standard InChI is InChI=1S/C19H16ClF5N4O2/c1-9-4-10(20)7-27-15(9)16(30)28-11-2-3-13(22)12(5-11)18(8-21)6-14(19(23,24)25)31-17(26)29-18/h2-5,7,14H,6,8H2,1H3,(H2,26,29)(H,28,30). The van der Waals surface area contributed by atoms with Crippen LogP contribution in [0.1, 0.15) is 28.0 Å². The molecule has 1 aliphatic rings. The number of amides is 1. The van der Waals surface area contributed by atoms with Gasteiger partial charge in [0.2, 0.25) is 0 Å². The van der Waals surface area contributed by atoms with E-state index < -0.39 is 54.2 Å². The van der Waals surface area contributed by atoms with Gasteiger partial charge in [-0.2, -0.15) is 13.2 Å². The maximum Gasteiger partial charge on any atom is 0.425 e. The summed E-state index contributed by atoms with van der Waals surface area (Å²) in [5.74, 6) is -1.69. The van der Waals surface area contributed by atoms with Crippen LogP contribution in [0.5, 0.6) is 0 Å². The number of nitrogens with two attached hydrogens (primary N) is 1. The molecule has 12 heteroatoms. The number of hydrogen-bond donors (Lipinski definition) is 2. The second-order valence-electron chi connectivity index (χ2n) is 6.94. The van der Waals surface area contributed by atoms with Crippen LogP contribution in [0.15, 0.2) is 35.5 Å². The van der Waals surface area contributed by atoms with E-state index in [0.717, 1.165) is 12.1 Å². The Labute approximate surface area is 178 Å². The van der Waals surface area contributed by atoms with Gasteiger partial charge in [0.15, 0.2) is 6.10 Å². The zero-order valence-electron chi connectivity index (χ0n) is 15.9. The molecule has 166 valence electrons. The van der Waals surface area contributed by atoms with E-state index in [-0.39, 0.29) is 11.4 Å². The third-order valence-electron chi connectivity index (χ3n) is 4.68. The molecule has 0 saturated heterocycles. The Morgan fingerprint density at radius 2 is 2.10 bits per heavy atom. The zero-order valence-corrected chi connectivity index (χ0v) is 16.7. The number of halogens is 6. The molecule has 2 atom stereocenters. The predicted molar refractivity (Wildman–Crippen MR) is 103 cm³/mol. The average Bonchev–Trinajstić information content (AvgIpc) is 2.68. The van der Waals surface area contributed by atoms with Crippen molar-refractivity contribution in [1.29, 1.82) is 0 Å². The van der Waals surface area contributed by atoms with Crippen LogP contribution in [-0.4, -0.2) is 35.9 Å². The molecule has 2 aromatic rings. The van der Waals surface area contributed by atoms with E-state index in [1.165, 1.54) is 18.3 Å². The third kappa shape index (κ3) is 4.71. The summed E-state index contributed by atoms with van der Waals surface area (Å²) in [6.07, 6.45) is -7.12. The van der Waals surface area contributed by atoms with Crippen molar-refractivity contribution in [3.63, 3.8) is 0 Å². The van der Waals surface area contributed by atoms with E-state index in [1.54, 1.807) is 6.92 Å². The van der Waals surface area contributed by atoms with Crippen molar-refractivity contribution >= 4 is 29.2 Å².